The Morgan fingerprint density at radius 1 is 0.305 bits per heavy atom. The fraction of sp³-hybridized carbons (Fsp3) is 0.649. The van der Waals surface area contributed by atoms with Crippen molar-refractivity contribution in [2.24, 2.45) is 0 Å². The zero-order valence-corrected chi connectivity index (χ0v) is 60.6. The Labute approximate surface area is 575 Å². The average Bonchev–Trinajstić information content (AvgIpc) is 2.13. The molecular weight excluding hydrogens is 1240 g/mol. The lowest BCUT2D eigenvalue weighted by Gasteiger charge is -2.21. The number of phosphoric ester groups is 2. The van der Waals surface area contributed by atoms with Crippen molar-refractivity contribution in [3.8, 4) is 0 Å². The predicted octanol–water partition coefficient (Wildman–Crippen LogP) is 20.5. The Morgan fingerprint density at radius 2 is 0.579 bits per heavy atom. The second kappa shape index (κ2) is 69.3. The molecule has 0 radical (unpaired) electrons. The summed E-state index contributed by atoms with van der Waals surface area (Å²) in [5, 5.41) is 20.6. The largest absolute Gasteiger partial charge is 0.472 e. The quantitative estimate of drug-likeness (QED) is 0.0146. The van der Waals surface area contributed by atoms with Gasteiger partial charge in [0.1, 0.15) is 25.4 Å². The second-order valence-corrected chi connectivity index (χ2v) is 26.6. The molecule has 0 heterocycles. The maximum atomic E-state index is 12.9. The molecule has 5 atom stereocenters. The van der Waals surface area contributed by atoms with E-state index in [2.05, 4.69) is 148 Å². The summed E-state index contributed by atoms with van der Waals surface area (Å²) in [5.41, 5.74) is 0. The molecule has 16 nitrogen and oxygen atoms in total. The minimum absolute atomic E-state index is 0.0375. The first kappa shape index (κ1) is 90.4. The molecule has 0 aromatic rings. The standard InChI is InChI=1S/C77H128O16P2/c1-4-7-10-13-16-19-22-25-28-30-32-33-34-35-36-37-39-41-43-45-48-51-54-57-60-63-75(80)87-66-72(78)67-89-94(83,84)90-68-73(79)69-91-95(85,86)92-71-74(93-77(82)65-62-59-56-53-50-47-42-27-24-21-18-15-12-9-6-3)70-88-76(81)64-61-58-55-52-49-46-44-40-38-31-29-26-23-20-17-14-11-8-5-2/h8,11,16-21,25-29,32-33,35-36,38,40,42,46,49,55,58,72-74,78-79H,4-7,9-10,12-15,22-24,30-31,34,37,39,41,43-45,47-48,50-54,56-57,59-71H2,1-3H3,(H,83,84)(H,85,86)/b11-8-,19-16-,20-17-,21-18-,28-25-,29-26-,33-32-,36-35-,40-38-,42-27-,49-46-,58-55-. The van der Waals surface area contributed by atoms with Gasteiger partial charge in [-0.25, -0.2) is 9.13 Å². The lowest BCUT2D eigenvalue weighted by atomic mass is 10.1. The van der Waals surface area contributed by atoms with E-state index in [1.54, 1.807) is 0 Å². The smallest absolute Gasteiger partial charge is 0.463 e. The van der Waals surface area contributed by atoms with E-state index in [0.29, 0.717) is 25.7 Å². The average molecular weight is 1370 g/mol. The summed E-state index contributed by atoms with van der Waals surface area (Å²) >= 11 is 0. The number of carbonyl (C=O) groups excluding carboxylic acids is 3. The van der Waals surface area contributed by atoms with Gasteiger partial charge in [0.15, 0.2) is 6.10 Å². The van der Waals surface area contributed by atoms with E-state index in [1.807, 2.05) is 18.2 Å². The molecule has 0 saturated carbocycles. The lowest BCUT2D eigenvalue weighted by molar-refractivity contribution is -0.161. The molecule has 0 bridgehead atoms. The fourth-order valence-corrected chi connectivity index (χ4v) is 10.6. The molecule has 0 amide bonds. The molecule has 5 unspecified atom stereocenters. The Bertz CT molecular complexity index is 2310. The molecule has 0 aliphatic rings. The van der Waals surface area contributed by atoms with Crippen LogP contribution in [0.1, 0.15) is 265 Å². The minimum Gasteiger partial charge on any atom is -0.463 e. The fourth-order valence-electron chi connectivity index (χ4n) is 9.02. The van der Waals surface area contributed by atoms with Crippen molar-refractivity contribution in [3.05, 3.63) is 146 Å². The van der Waals surface area contributed by atoms with Crippen LogP contribution in [0.15, 0.2) is 146 Å². The predicted molar refractivity (Wildman–Crippen MR) is 389 cm³/mol. The molecule has 0 aliphatic heterocycles. The van der Waals surface area contributed by atoms with Crippen molar-refractivity contribution in [3.63, 3.8) is 0 Å². The van der Waals surface area contributed by atoms with Crippen LogP contribution in [0, 0.1) is 0 Å². The number of aliphatic hydroxyl groups excluding tert-OH is 2. The van der Waals surface area contributed by atoms with Gasteiger partial charge in [0.05, 0.1) is 26.4 Å². The van der Waals surface area contributed by atoms with Gasteiger partial charge in [-0.3, -0.25) is 32.5 Å². The van der Waals surface area contributed by atoms with Gasteiger partial charge in [-0.2, -0.15) is 0 Å². The first-order chi connectivity index (χ1) is 46.2. The normalized spacial score (nSPS) is 15.0. The number of rotatable bonds is 67. The number of hydrogen-bond donors (Lipinski definition) is 4. The highest BCUT2D eigenvalue weighted by Crippen LogP contribution is 2.45. The number of unbranched alkanes of at least 4 members (excludes halogenated alkanes) is 20. The summed E-state index contributed by atoms with van der Waals surface area (Å²) in [6, 6.07) is 0. The van der Waals surface area contributed by atoms with Crippen LogP contribution in [-0.2, 0) is 55.8 Å². The van der Waals surface area contributed by atoms with Crippen molar-refractivity contribution >= 4 is 33.6 Å². The zero-order chi connectivity index (χ0) is 69.5. The van der Waals surface area contributed by atoms with Crippen LogP contribution in [0.4, 0.5) is 0 Å². The van der Waals surface area contributed by atoms with Gasteiger partial charge >= 0.3 is 33.6 Å². The van der Waals surface area contributed by atoms with Crippen LogP contribution >= 0.6 is 15.6 Å². The van der Waals surface area contributed by atoms with E-state index in [0.717, 1.165) is 128 Å². The maximum Gasteiger partial charge on any atom is 0.472 e. The van der Waals surface area contributed by atoms with Crippen molar-refractivity contribution in [1.29, 1.82) is 0 Å². The number of hydrogen-bond acceptors (Lipinski definition) is 14. The van der Waals surface area contributed by atoms with Crippen LogP contribution < -0.4 is 0 Å². The lowest BCUT2D eigenvalue weighted by Crippen LogP contribution is -2.30. The van der Waals surface area contributed by atoms with Crippen LogP contribution in [0.25, 0.3) is 0 Å². The number of esters is 3. The summed E-state index contributed by atoms with van der Waals surface area (Å²) < 4.78 is 60.9. The van der Waals surface area contributed by atoms with Gasteiger partial charge in [0.2, 0.25) is 0 Å². The second-order valence-electron chi connectivity index (χ2n) is 23.6. The summed E-state index contributed by atoms with van der Waals surface area (Å²) in [5.74, 6) is -1.70. The molecule has 0 saturated heterocycles. The van der Waals surface area contributed by atoms with Crippen molar-refractivity contribution in [1.82, 2.24) is 0 Å². The van der Waals surface area contributed by atoms with Crippen LogP contribution in [0.2, 0.25) is 0 Å². The van der Waals surface area contributed by atoms with Gasteiger partial charge in [-0.15, -0.1) is 0 Å². The number of ether oxygens (including phenoxy) is 3. The van der Waals surface area contributed by atoms with E-state index in [9.17, 15) is 43.5 Å². The molecular formula is C77H128O16P2. The summed E-state index contributed by atoms with van der Waals surface area (Å²) in [6.07, 6.45) is 83.4. The third-order valence-electron chi connectivity index (χ3n) is 14.5. The van der Waals surface area contributed by atoms with Gasteiger partial charge in [0, 0.05) is 19.3 Å². The molecule has 0 aliphatic carbocycles. The first-order valence-electron chi connectivity index (χ1n) is 36.1. The molecule has 4 N–H and O–H groups in total. The van der Waals surface area contributed by atoms with Crippen molar-refractivity contribution < 1.29 is 75.8 Å². The van der Waals surface area contributed by atoms with Gasteiger partial charge in [0.25, 0.3) is 0 Å². The Balaban J connectivity index is 4.68. The first-order valence-corrected chi connectivity index (χ1v) is 39.1. The third-order valence-corrected chi connectivity index (χ3v) is 16.4. The van der Waals surface area contributed by atoms with Crippen LogP contribution in [0.3, 0.4) is 0 Å². The number of carbonyl (C=O) groups is 3. The van der Waals surface area contributed by atoms with Crippen LogP contribution in [-0.4, -0.2) is 95.9 Å². The monoisotopic (exact) mass is 1370 g/mol. The van der Waals surface area contributed by atoms with Crippen LogP contribution in [0.5, 0.6) is 0 Å². The summed E-state index contributed by atoms with van der Waals surface area (Å²) in [4.78, 5) is 58.4. The van der Waals surface area contributed by atoms with Gasteiger partial charge in [-0.05, 0) is 135 Å². The molecule has 18 heteroatoms. The van der Waals surface area contributed by atoms with Crippen molar-refractivity contribution in [2.45, 2.75) is 283 Å². The minimum atomic E-state index is -4.95. The zero-order valence-electron chi connectivity index (χ0n) is 58.8. The van der Waals surface area contributed by atoms with Gasteiger partial charge < -0.3 is 34.2 Å². The Hall–Kier alpha value is -4.57. The molecule has 0 spiro atoms. The van der Waals surface area contributed by atoms with E-state index >= 15 is 0 Å². The van der Waals surface area contributed by atoms with E-state index in [-0.39, 0.29) is 19.3 Å². The topological polar surface area (TPSA) is 231 Å². The van der Waals surface area contributed by atoms with E-state index in [4.69, 9.17) is 32.3 Å². The van der Waals surface area contributed by atoms with Gasteiger partial charge in [-0.1, -0.05) is 256 Å². The van der Waals surface area contributed by atoms with E-state index < -0.39 is 91.5 Å². The van der Waals surface area contributed by atoms with Crippen molar-refractivity contribution in [2.75, 3.05) is 39.6 Å². The third kappa shape index (κ3) is 70.6. The molecule has 0 aromatic carbocycles. The SMILES string of the molecule is CC/C=C\C/C=C\C/C=C\C/C=C\C/C=C\C/C=C\CCC(=O)OCC(COP(=O)(O)OCC(O)COP(=O)(O)OCC(O)COC(=O)CCCCCCCCCCC/C=C\C/C=C\C/C=C\C/C=C\CCCCC)OC(=O)CCCCCCC/C=C\C/C=C\CCCCC. The molecule has 95 heavy (non-hydrogen) atoms. The van der Waals surface area contributed by atoms with E-state index in [1.165, 1.54) is 70.6 Å². The molecule has 0 fully saturated rings. The highest BCUT2D eigenvalue weighted by Gasteiger charge is 2.29. The Morgan fingerprint density at radius 3 is 0.947 bits per heavy atom. The molecule has 0 aromatic heterocycles. The molecule has 542 valence electrons. The Kier molecular flexibility index (Phi) is 66.0. The highest BCUT2D eigenvalue weighted by atomic mass is 31.2. The summed E-state index contributed by atoms with van der Waals surface area (Å²) in [7, 11) is -9.82. The summed E-state index contributed by atoms with van der Waals surface area (Å²) in [6.45, 7) is 2.37. The number of phosphoric acid groups is 2. The maximum absolute atomic E-state index is 12.9. The highest BCUT2D eigenvalue weighted by molar-refractivity contribution is 7.47. The number of allylic oxidation sites excluding steroid dienone is 24. The molecule has 0 rings (SSSR count). The number of aliphatic hydroxyl groups is 2.